The van der Waals surface area contributed by atoms with Crippen molar-refractivity contribution in [3.8, 4) is 0 Å². The number of thiazole rings is 1. The fourth-order valence-electron chi connectivity index (χ4n) is 2.91. The second kappa shape index (κ2) is 8.25. The Morgan fingerprint density at radius 3 is 2.50 bits per heavy atom. The highest BCUT2D eigenvalue weighted by Gasteiger charge is 2.22. The van der Waals surface area contributed by atoms with Crippen LogP contribution in [0.5, 0.6) is 0 Å². The molecule has 8 heteroatoms. The molecule has 0 aliphatic carbocycles. The number of aromatic nitrogens is 1. The Morgan fingerprint density at radius 2 is 1.73 bits per heavy atom. The molecule has 4 aromatic rings. The van der Waals surface area contributed by atoms with Crippen molar-refractivity contribution < 1.29 is 17.9 Å². The third-order valence-electron chi connectivity index (χ3n) is 4.51. The third kappa shape index (κ3) is 4.05. The molecule has 30 heavy (non-hydrogen) atoms. The molecule has 0 bridgehead atoms. The van der Waals surface area contributed by atoms with E-state index in [4.69, 9.17) is 4.74 Å². The maximum absolute atomic E-state index is 13.0. The molecule has 0 unspecified atom stereocenters. The van der Waals surface area contributed by atoms with Crippen molar-refractivity contribution in [1.29, 1.82) is 0 Å². The number of ether oxygens (including phenoxy) is 1. The van der Waals surface area contributed by atoms with Crippen molar-refractivity contribution in [2.45, 2.75) is 11.5 Å². The molecule has 1 heterocycles. The van der Waals surface area contributed by atoms with Crippen LogP contribution in [0.4, 0.5) is 5.69 Å². The van der Waals surface area contributed by atoms with Crippen LogP contribution in [0.15, 0.2) is 83.8 Å². The van der Waals surface area contributed by atoms with Gasteiger partial charge in [0.25, 0.3) is 10.0 Å². The zero-order chi connectivity index (χ0) is 21.1. The van der Waals surface area contributed by atoms with Crippen LogP contribution >= 0.6 is 11.3 Å². The summed E-state index contributed by atoms with van der Waals surface area (Å²) in [5, 5.41) is 0.678. The number of nitrogens with zero attached hydrogens (tertiary/aromatic N) is 2. The summed E-state index contributed by atoms with van der Waals surface area (Å²) in [4.78, 5) is 16.9. The van der Waals surface area contributed by atoms with Crippen LogP contribution in [0, 0.1) is 0 Å². The normalized spacial score (nSPS) is 11.4. The first-order valence-electron chi connectivity index (χ1n) is 9.11. The Kier molecular flexibility index (Phi) is 5.52. The van der Waals surface area contributed by atoms with Crippen LogP contribution < -0.4 is 4.31 Å². The van der Waals surface area contributed by atoms with E-state index < -0.39 is 16.0 Å². The maximum atomic E-state index is 13.0. The summed E-state index contributed by atoms with van der Waals surface area (Å²) < 4.78 is 33.5. The number of anilines is 1. The smallest absolute Gasteiger partial charge is 0.338 e. The zero-order valence-corrected chi connectivity index (χ0v) is 17.7. The standard InChI is InChI=1S/C22H18N2O4S2/c1-24(17-9-3-2-4-10-17)30(26,27)18-11-7-8-16(14-18)22(25)28-15-21-23-19-12-5-6-13-20(19)29-21/h2-14H,15H2,1H3. The first kappa shape index (κ1) is 20.1. The number of esters is 1. The van der Waals surface area contributed by atoms with E-state index in [-0.39, 0.29) is 17.1 Å². The number of fused-ring (bicyclic) bond motifs is 1. The van der Waals surface area contributed by atoms with Crippen molar-refractivity contribution >= 4 is 43.2 Å². The molecule has 0 aliphatic heterocycles. The molecule has 1 aromatic heterocycles. The molecule has 0 saturated carbocycles. The van der Waals surface area contributed by atoms with Gasteiger partial charge >= 0.3 is 5.97 Å². The summed E-state index contributed by atoms with van der Waals surface area (Å²) >= 11 is 1.45. The topological polar surface area (TPSA) is 76.6 Å². The number of benzene rings is 3. The second-order valence-electron chi connectivity index (χ2n) is 6.49. The van der Waals surface area contributed by atoms with Crippen LogP contribution in [0.3, 0.4) is 0 Å². The minimum Gasteiger partial charge on any atom is -0.455 e. The fourth-order valence-corrected chi connectivity index (χ4v) is 5.03. The molecule has 0 aliphatic rings. The van der Waals surface area contributed by atoms with Crippen molar-refractivity contribution in [3.05, 3.63) is 89.4 Å². The summed E-state index contributed by atoms with van der Waals surface area (Å²) in [6, 6.07) is 22.3. The van der Waals surface area contributed by atoms with E-state index in [9.17, 15) is 13.2 Å². The molecule has 0 fully saturated rings. The molecule has 4 rings (SSSR count). The molecule has 0 saturated heterocycles. The van der Waals surface area contributed by atoms with Gasteiger partial charge in [0.2, 0.25) is 0 Å². The highest BCUT2D eigenvalue weighted by Crippen LogP contribution is 2.24. The average molecular weight is 439 g/mol. The first-order valence-corrected chi connectivity index (χ1v) is 11.4. The van der Waals surface area contributed by atoms with Gasteiger partial charge in [0, 0.05) is 7.05 Å². The number of para-hydroxylation sites is 2. The van der Waals surface area contributed by atoms with Gasteiger partial charge in [0.15, 0.2) is 0 Å². The molecule has 0 atom stereocenters. The van der Waals surface area contributed by atoms with Gasteiger partial charge in [0.05, 0.1) is 26.4 Å². The third-order valence-corrected chi connectivity index (χ3v) is 7.30. The van der Waals surface area contributed by atoms with Gasteiger partial charge in [-0.25, -0.2) is 18.2 Å². The van der Waals surface area contributed by atoms with Crippen LogP contribution in [-0.4, -0.2) is 26.4 Å². The van der Waals surface area contributed by atoms with Gasteiger partial charge in [-0.2, -0.15) is 0 Å². The van der Waals surface area contributed by atoms with E-state index in [1.54, 1.807) is 24.3 Å². The van der Waals surface area contributed by atoms with Gasteiger partial charge in [-0.1, -0.05) is 36.4 Å². The predicted molar refractivity (Wildman–Crippen MR) is 117 cm³/mol. The molecule has 3 aromatic carbocycles. The number of carbonyl (C=O) groups is 1. The van der Waals surface area contributed by atoms with Crippen molar-refractivity contribution in [1.82, 2.24) is 4.98 Å². The largest absolute Gasteiger partial charge is 0.455 e. The van der Waals surface area contributed by atoms with E-state index >= 15 is 0 Å². The molecule has 0 N–H and O–H groups in total. The van der Waals surface area contributed by atoms with E-state index in [1.165, 1.54) is 47.0 Å². The summed E-state index contributed by atoms with van der Waals surface area (Å²) in [6.07, 6.45) is 0. The van der Waals surface area contributed by atoms with Crippen molar-refractivity contribution in [2.75, 3.05) is 11.4 Å². The maximum Gasteiger partial charge on any atom is 0.338 e. The first-order chi connectivity index (χ1) is 14.4. The molecule has 0 radical (unpaired) electrons. The predicted octanol–water partition coefficient (Wildman–Crippen LogP) is 4.48. The highest BCUT2D eigenvalue weighted by molar-refractivity contribution is 7.92. The van der Waals surface area contributed by atoms with E-state index in [0.717, 1.165) is 10.2 Å². The number of carbonyl (C=O) groups excluding carboxylic acids is 1. The summed E-state index contributed by atoms with van der Waals surface area (Å²) in [7, 11) is -2.34. The lowest BCUT2D eigenvalue weighted by Crippen LogP contribution is -2.26. The minimum atomic E-state index is -3.82. The number of hydrogen-bond donors (Lipinski definition) is 0. The molecular weight excluding hydrogens is 420 g/mol. The van der Waals surface area contributed by atoms with Gasteiger partial charge in [-0.3, -0.25) is 4.31 Å². The van der Waals surface area contributed by atoms with E-state index in [0.29, 0.717) is 10.7 Å². The Hall–Kier alpha value is -3.23. The monoisotopic (exact) mass is 438 g/mol. The molecule has 0 amide bonds. The molecule has 152 valence electrons. The van der Waals surface area contributed by atoms with Crippen LogP contribution in [0.1, 0.15) is 15.4 Å². The highest BCUT2D eigenvalue weighted by atomic mass is 32.2. The van der Waals surface area contributed by atoms with Crippen molar-refractivity contribution in [2.24, 2.45) is 0 Å². The van der Waals surface area contributed by atoms with E-state index in [1.807, 2.05) is 30.3 Å². The van der Waals surface area contributed by atoms with Crippen LogP contribution in [0.2, 0.25) is 0 Å². The van der Waals surface area contributed by atoms with Gasteiger partial charge in [-0.05, 0) is 42.5 Å². The minimum absolute atomic E-state index is 0.0169. The number of sulfonamides is 1. The SMILES string of the molecule is CN(c1ccccc1)S(=O)(=O)c1cccc(C(=O)OCc2nc3ccccc3s2)c1. The Labute approximate surface area is 178 Å². The van der Waals surface area contributed by atoms with Gasteiger partial charge in [0.1, 0.15) is 11.6 Å². The average Bonchev–Trinajstić information content (AvgIpc) is 3.20. The zero-order valence-electron chi connectivity index (χ0n) is 16.1. The lowest BCUT2D eigenvalue weighted by atomic mass is 10.2. The van der Waals surface area contributed by atoms with Crippen LogP contribution in [-0.2, 0) is 21.4 Å². The summed E-state index contributed by atoms with van der Waals surface area (Å²) in [5.41, 5.74) is 1.55. The lowest BCUT2D eigenvalue weighted by Gasteiger charge is -2.19. The lowest BCUT2D eigenvalue weighted by molar-refractivity contribution is 0.0472. The summed E-state index contributed by atoms with van der Waals surface area (Å²) in [6.45, 7) is 0.0269. The quantitative estimate of drug-likeness (QED) is 0.415. The fraction of sp³-hybridized carbons (Fsp3) is 0.0909. The molecule has 0 spiro atoms. The van der Waals surface area contributed by atoms with Gasteiger partial charge in [-0.15, -0.1) is 11.3 Å². The number of rotatable bonds is 6. The summed E-state index contributed by atoms with van der Waals surface area (Å²) in [5.74, 6) is -0.603. The Morgan fingerprint density at radius 1 is 1.00 bits per heavy atom. The molecule has 6 nitrogen and oxygen atoms in total. The van der Waals surface area contributed by atoms with Crippen LogP contribution in [0.25, 0.3) is 10.2 Å². The van der Waals surface area contributed by atoms with E-state index in [2.05, 4.69) is 4.98 Å². The molecular formula is C22H18N2O4S2. The Bertz CT molecular complexity index is 1270. The van der Waals surface area contributed by atoms with Gasteiger partial charge < -0.3 is 4.74 Å². The van der Waals surface area contributed by atoms with Crippen molar-refractivity contribution in [3.63, 3.8) is 0 Å². The Balaban J connectivity index is 1.51. The number of hydrogen-bond acceptors (Lipinski definition) is 6. The second-order valence-corrected chi connectivity index (χ2v) is 9.57.